The fourth-order valence-corrected chi connectivity index (χ4v) is 1.66. The third-order valence-corrected chi connectivity index (χ3v) is 2.54. The van der Waals surface area contributed by atoms with Crippen LogP contribution in [0, 0.1) is 0 Å². The summed E-state index contributed by atoms with van der Waals surface area (Å²) >= 11 is 5.98. The van der Waals surface area contributed by atoms with Crippen LogP contribution < -0.4 is 22.7 Å². The van der Waals surface area contributed by atoms with E-state index in [4.69, 9.17) is 28.9 Å². The summed E-state index contributed by atoms with van der Waals surface area (Å²) in [5, 5.41) is 0.387. The molecule has 0 atom stereocenters. The van der Waals surface area contributed by atoms with Crippen molar-refractivity contribution in [1.29, 1.82) is 0 Å². The van der Waals surface area contributed by atoms with Gasteiger partial charge in [0, 0.05) is 6.54 Å². The summed E-state index contributed by atoms with van der Waals surface area (Å²) in [6.07, 6.45) is 0. The molecule has 19 heavy (non-hydrogen) atoms. The molecule has 0 bridgehead atoms. The Morgan fingerprint density at radius 2 is 1.84 bits per heavy atom. The van der Waals surface area contributed by atoms with Crippen LogP contribution in [0.5, 0.6) is 0 Å². The number of primary amides is 2. The maximum atomic E-state index is 10.9. The van der Waals surface area contributed by atoms with Gasteiger partial charge in [-0.15, -0.1) is 0 Å². The first-order chi connectivity index (χ1) is 8.92. The van der Waals surface area contributed by atoms with Crippen molar-refractivity contribution < 1.29 is 9.59 Å². The van der Waals surface area contributed by atoms with Gasteiger partial charge in [0.25, 0.3) is 0 Å². The van der Waals surface area contributed by atoms with Crippen molar-refractivity contribution in [2.75, 3.05) is 18.5 Å². The van der Waals surface area contributed by atoms with E-state index in [9.17, 15) is 9.59 Å². The van der Waals surface area contributed by atoms with Gasteiger partial charge in [-0.05, 0) is 12.1 Å². The van der Waals surface area contributed by atoms with Crippen molar-refractivity contribution in [1.82, 2.24) is 9.88 Å². The van der Waals surface area contributed by atoms with Crippen molar-refractivity contribution in [2.24, 2.45) is 17.3 Å². The molecule has 1 rings (SSSR count). The molecule has 2 amide bonds. The lowest BCUT2D eigenvalue weighted by Gasteiger charge is -2.19. The lowest BCUT2D eigenvalue weighted by atomic mass is 10.3. The molecule has 1 aromatic rings. The molecule has 0 saturated heterocycles. The van der Waals surface area contributed by atoms with Gasteiger partial charge in [0.1, 0.15) is 5.82 Å². The van der Waals surface area contributed by atoms with Gasteiger partial charge in [0.05, 0.1) is 23.8 Å². The summed E-state index contributed by atoms with van der Waals surface area (Å²) in [6, 6.07) is 3.20. The molecule has 9 heteroatoms. The number of halogens is 1. The minimum absolute atomic E-state index is 0.124. The molecular formula is C10H15ClN6O2. The Labute approximate surface area is 114 Å². The number of nitrogens with zero attached hydrogens (tertiary/aromatic N) is 2. The molecule has 0 aliphatic carbocycles. The highest BCUT2D eigenvalue weighted by Gasteiger charge is 2.14. The molecular weight excluding hydrogens is 272 g/mol. The number of pyridine rings is 1. The first-order valence-electron chi connectivity index (χ1n) is 5.33. The Bertz CT molecular complexity index is 465. The Kier molecular flexibility index (Phi) is 5.49. The van der Waals surface area contributed by atoms with Crippen LogP contribution in [-0.4, -0.2) is 34.8 Å². The molecule has 0 aliphatic rings. The van der Waals surface area contributed by atoms with E-state index < -0.39 is 11.8 Å². The summed E-state index contributed by atoms with van der Waals surface area (Å²) < 4.78 is 0. The lowest BCUT2D eigenvalue weighted by molar-refractivity contribution is -0.122. The fraction of sp³-hybridized carbons (Fsp3) is 0.300. The van der Waals surface area contributed by atoms with Crippen molar-refractivity contribution in [3.63, 3.8) is 0 Å². The summed E-state index contributed by atoms with van der Waals surface area (Å²) in [4.78, 5) is 27.4. The Morgan fingerprint density at radius 1 is 1.26 bits per heavy atom. The molecule has 0 radical (unpaired) electrons. The molecule has 8 nitrogen and oxygen atoms in total. The van der Waals surface area contributed by atoms with E-state index in [0.717, 1.165) is 0 Å². The zero-order valence-corrected chi connectivity index (χ0v) is 10.9. The van der Waals surface area contributed by atoms with Gasteiger partial charge in [-0.3, -0.25) is 14.5 Å². The second-order valence-electron chi connectivity index (χ2n) is 3.85. The SMILES string of the molecule is NNc1ccc(Cl)c(CN(CC(N)=O)CC(N)=O)n1. The van der Waals surface area contributed by atoms with Gasteiger partial charge < -0.3 is 16.9 Å². The first-order valence-corrected chi connectivity index (χ1v) is 5.71. The number of anilines is 1. The predicted octanol–water partition coefficient (Wildman–Crippen LogP) is -1.21. The number of carbonyl (C=O) groups excluding carboxylic acids is 2. The minimum Gasteiger partial charge on any atom is -0.369 e. The number of rotatable bonds is 7. The zero-order valence-electron chi connectivity index (χ0n) is 10.1. The van der Waals surface area contributed by atoms with Crippen molar-refractivity contribution >= 4 is 29.2 Å². The topological polar surface area (TPSA) is 140 Å². The van der Waals surface area contributed by atoms with E-state index in [0.29, 0.717) is 16.5 Å². The van der Waals surface area contributed by atoms with Gasteiger partial charge in [0.2, 0.25) is 11.8 Å². The fourth-order valence-electron chi connectivity index (χ4n) is 1.50. The average molecular weight is 287 g/mol. The van der Waals surface area contributed by atoms with E-state index in [1.54, 1.807) is 12.1 Å². The Balaban J connectivity index is 2.88. The number of amides is 2. The summed E-state index contributed by atoms with van der Waals surface area (Å²) in [7, 11) is 0. The van der Waals surface area contributed by atoms with Crippen LogP contribution >= 0.6 is 11.6 Å². The molecule has 0 fully saturated rings. The number of carbonyl (C=O) groups is 2. The van der Waals surface area contributed by atoms with Crippen LogP contribution in [0.15, 0.2) is 12.1 Å². The standard InChI is InChI=1S/C10H15ClN6O2/c11-6-1-2-10(16-14)15-7(6)3-17(4-8(12)18)5-9(13)19/h1-2H,3-5,14H2,(H2,12,18)(H2,13,19)(H,15,16). The number of aromatic nitrogens is 1. The van der Waals surface area contributed by atoms with Crippen LogP contribution in [0.2, 0.25) is 5.02 Å². The molecule has 0 unspecified atom stereocenters. The maximum Gasteiger partial charge on any atom is 0.231 e. The van der Waals surface area contributed by atoms with E-state index in [-0.39, 0.29) is 19.6 Å². The number of hydrogen-bond donors (Lipinski definition) is 4. The quantitative estimate of drug-likeness (QED) is 0.366. The highest BCUT2D eigenvalue weighted by Crippen LogP contribution is 2.17. The zero-order chi connectivity index (χ0) is 14.4. The van der Waals surface area contributed by atoms with Crippen molar-refractivity contribution in [2.45, 2.75) is 6.54 Å². The predicted molar refractivity (Wildman–Crippen MR) is 70.7 cm³/mol. The normalized spacial score (nSPS) is 10.5. The number of hydrazine groups is 1. The smallest absolute Gasteiger partial charge is 0.231 e. The Morgan fingerprint density at radius 3 is 2.32 bits per heavy atom. The molecule has 0 spiro atoms. The lowest BCUT2D eigenvalue weighted by Crippen LogP contribution is -2.39. The summed E-state index contributed by atoms with van der Waals surface area (Å²) in [5.41, 5.74) is 13.0. The maximum absolute atomic E-state index is 10.9. The van der Waals surface area contributed by atoms with E-state index in [1.807, 2.05) is 0 Å². The summed E-state index contributed by atoms with van der Waals surface area (Å²) in [5.74, 6) is 4.50. The molecule has 1 heterocycles. The van der Waals surface area contributed by atoms with Crippen LogP contribution in [0.1, 0.15) is 5.69 Å². The molecule has 7 N–H and O–H groups in total. The van der Waals surface area contributed by atoms with Crippen molar-refractivity contribution in [3.8, 4) is 0 Å². The van der Waals surface area contributed by atoms with Crippen LogP contribution in [-0.2, 0) is 16.1 Å². The van der Waals surface area contributed by atoms with Gasteiger partial charge >= 0.3 is 0 Å². The number of nitrogens with one attached hydrogen (secondary N) is 1. The number of nitrogen functional groups attached to an aromatic ring is 1. The third kappa shape index (κ3) is 5.08. The minimum atomic E-state index is -0.578. The largest absolute Gasteiger partial charge is 0.369 e. The third-order valence-electron chi connectivity index (χ3n) is 2.20. The second-order valence-corrected chi connectivity index (χ2v) is 4.25. The number of nitrogens with two attached hydrogens (primary N) is 3. The van der Waals surface area contributed by atoms with Gasteiger partial charge in [-0.25, -0.2) is 10.8 Å². The highest BCUT2D eigenvalue weighted by molar-refractivity contribution is 6.31. The van der Waals surface area contributed by atoms with Crippen molar-refractivity contribution in [3.05, 3.63) is 22.8 Å². The molecule has 0 aliphatic heterocycles. The van der Waals surface area contributed by atoms with Crippen LogP contribution in [0.4, 0.5) is 5.82 Å². The monoisotopic (exact) mass is 286 g/mol. The van der Waals surface area contributed by atoms with Gasteiger partial charge in [0.15, 0.2) is 0 Å². The molecule has 0 aromatic carbocycles. The second kappa shape index (κ2) is 6.88. The first kappa shape index (κ1) is 15.2. The highest BCUT2D eigenvalue weighted by atomic mass is 35.5. The van der Waals surface area contributed by atoms with Crippen LogP contribution in [0.3, 0.4) is 0 Å². The van der Waals surface area contributed by atoms with Gasteiger partial charge in [-0.1, -0.05) is 11.6 Å². The number of hydrogen-bond acceptors (Lipinski definition) is 6. The van der Waals surface area contributed by atoms with Crippen LogP contribution in [0.25, 0.3) is 0 Å². The van der Waals surface area contributed by atoms with Gasteiger partial charge in [-0.2, -0.15) is 0 Å². The average Bonchev–Trinajstić information content (AvgIpc) is 2.30. The molecule has 104 valence electrons. The molecule has 1 aromatic heterocycles. The van der Waals surface area contributed by atoms with E-state index in [1.165, 1.54) is 4.90 Å². The Hall–Kier alpha value is -1.90. The van der Waals surface area contributed by atoms with E-state index >= 15 is 0 Å². The summed E-state index contributed by atoms with van der Waals surface area (Å²) in [6.45, 7) is -0.0946. The van der Waals surface area contributed by atoms with E-state index in [2.05, 4.69) is 10.4 Å². The molecule has 0 saturated carbocycles.